The molecule has 0 aliphatic heterocycles. The van der Waals surface area contributed by atoms with E-state index in [1.165, 1.54) is 17.4 Å². The van der Waals surface area contributed by atoms with Gasteiger partial charge in [-0.05, 0) is 30.9 Å². The Balaban J connectivity index is 1.88. The van der Waals surface area contributed by atoms with Gasteiger partial charge in [0.25, 0.3) is 5.91 Å². The maximum atomic E-state index is 15.5. The molecule has 2 N–H and O–H groups in total. The summed E-state index contributed by atoms with van der Waals surface area (Å²) in [5.41, 5.74) is 0.988. The number of anilines is 1. The minimum atomic E-state index is -0.572. The second-order valence-corrected chi connectivity index (χ2v) is 9.04. The minimum absolute atomic E-state index is 0.0658. The van der Waals surface area contributed by atoms with Crippen LogP contribution in [-0.4, -0.2) is 31.6 Å². The van der Waals surface area contributed by atoms with Gasteiger partial charge in [-0.1, -0.05) is 44.2 Å². The highest BCUT2D eigenvalue weighted by atomic mass is 32.1. The van der Waals surface area contributed by atoms with Crippen LogP contribution in [0, 0.1) is 11.7 Å². The van der Waals surface area contributed by atoms with Gasteiger partial charge in [0.2, 0.25) is 0 Å². The van der Waals surface area contributed by atoms with Crippen LogP contribution in [0.4, 0.5) is 10.1 Å². The summed E-state index contributed by atoms with van der Waals surface area (Å²) in [5.74, 6) is -0.563. The summed E-state index contributed by atoms with van der Waals surface area (Å²) in [7, 11) is 0. The molecule has 1 aromatic heterocycles. The van der Waals surface area contributed by atoms with Crippen molar-refractivity contribution in [2.75, 3.05) is 25.0 Å². The summed E-state index contributed by atoms with van der Waals surface area (Å²) >= 11 is 1.20. The standard InChI is InChI=1S/C25H29FN2O4S/c1-4-31-22(29)14-28-24-19(32-15-17-8-6-5-7-9-17)13-20-18(23(24)26)12-21(33-20)25(30)27-11-10-16(2)3/h5-9,12-13,16,28H,4,10-11,14-15H2,1-3H3,(H,27,30). The number of benzene rings is 2. The fourth-order valence-electron chi connectivity index (χ4n) is 3.18. The first kappa shape index (κ1) is 24.5. The Morgan fingerprint density at radius 1 is 1.15 bits per heavy atom. The van der Waals surface area contributed by atoms with Gasteiger partial charge in [0.15, 0.2) is 5.82 Å². The quantitative estimate of drug-likeness (QED) is 0.367. The zero-order chi connectivity index (χ0) is 23.8. The van der Waals surface area contributed by atoms with E-state index in [9.17, 15) is 9.59 Å². The van der Waals surface area contributed by atoms with Crippen LogP contribution in [0.25, 0.3) is 10.1 Å². The number of halogens is 1. The lowest BCUT2D eigenvalue weighted by Crippen LogP contribution is -2.24. The SMILES string of the molecule is CCOC(=O)CNc1c(OCc2ccccc2)cc2sc(C(=O)NCCC(C)C)cc2c1F. The summed E-state index contributed by atoms with van der Waals surface area (Å²) in [5, 5.41) is 5.99. The highest BCUT2D eigenvalue weighted by Crippen LogP contribution is 2.39. The van der Waals surface area contributed by atoms with Crippen molar-refractivity contribution < 1.29 is 23.5 Å². The van der Waals surface area contributed by atoms with Gasteiger partial charge in [0.1, 0.15) is 24.6 Å². The lowest BCUT2D eigenvalue weighted by molar-refractivity contribution is -0.140. The smallest absolute Gasteiger partial charge is 0.325 e. The average Bonchev–Trinajstić information content (AvgIpc) is 3.22. The number of rotatable bonds is 11. The first-order chi connectivity index (χ1) is 15.9. The fraction of sp³-hybridized carbons (Fsp3) is 0.360. The topological polar surface area (TPSA) is 76.7 Å². The van der Waals surface area contributed by atoms with Gasteiger partial charge < -0.3 is 20.1 Å². The fourth-order valence-corrected chi connectivity index (χ4v) is 4.18. The minimum Gasteiger partial charge on any atom is -0.487 e. The van der Waals surface area contributed by atoms with Gasteiger partial charge in [-0.15, -0.1) is 11.3 Å². The van der Waals surface area contributed by atoms with E-state index in [0.717, 1.165) is 12.0 Å². The van der Waals surface area contributed by atoms with Crippen LogP contribution in [0.5, 0.6) is 5.75 Å². The Morgan fingerprint density at radius 3 is 2.61 bits per heavy atom. The van der Waals surface area contributed by atoms with Gasteiger partial charge in [-0.25, -0.2) is 4.39 Å². The monoisotopic (exact) mass is 472 g/mol. The third-order valence-corrected chi connectivity index (χ3v) is 5.99. The Labute approximate surface area is 197 Å². The van der Waals surface area contributed by atoms with Crippen molar-refractivity contribution in [1.29, 1.82) is 0 Å². The number of amides is 1. The Kier molecular flexibility index (Phi) is 8.65. The van der Waals surface area contributed by atoms with Gasteiger partial charge in [-0.2, -0.15) is 0 Å². The zero-order valence-corrected chi connectivity index (χ0v) is 19.9. The lowest BCUT2D eigenvalue weighted by Gasteiger charge is -2.15. The summed E-state index contributed by atoms with van der Waals surface area (Å²) in [4.78, 5) is 24.8. The van der Waals surface area contributed by atoms with Crippen molar-refractivity contribution in [2.24, 2.45) is 5.92 Å². The number of nitrogens with one attached hydrogen (secondary N) is 2. The van der Waals surface area contributed by atoms with Crippen molar-refractivity contribution in [3.05, 3.63) is 58.7 Å². The molecule has 0 atom stereocenters. The molecule has 0 unspecified atom stereocenters. The van der Waals surface area contributed by atoms with Crippen LogP contribution in [0.1, 0.15) is 42.4 Å². The molecule has 0 fully saturated rings. The van der Waals surface area contributed by atoms with E-state index in [1.54, 1.807) is 13.0 Å². The molecule has 0 spiro atoms. The Bertz CT molecular complexity index is 1100. The van der Waals surface area contributed by atoms with Gasteiger partial charge in [0.05, 0.1) is 11.5 Å². The third-order valence-electron chi connectivity index (χ3n) is 4.91. The van der Waals surface area contributed by atoms with E-state index in [0.29, 0.717) is 27.4 Å². The molecule has 0 radical (unpaired) electrons. The highest BCUT2D eigenvalue weighted by Gasteiger charge is 2.20. The summed E-state index contributed by atoms with van der Waals surface area (Å²) in [6.07, 6.45) is 0.865. The van der Waals surface area contributed by atoms with Crippen LogP contribution in [-0.2, 0) is 16.1 Å². The number of esters is 1. The first-order valence-corrected chi connectivity index (χ1v) is 11.8. The Morgan fingerprint density at radius 2 is 1.91 bits per heavy atom. The number of hydrogen-bond donors (Lipinski definition) is 2. The van der Waals surface area contributed by atoms with E-state index in [4.69, 9.17) is 9.47 Å². The molecular weight excluding hydrogens is 443 g/mol. The molecule has 0 saturated heterocycles. The normalized spacial score (nSPS) is 10.9. The van der Waals surface area contributed by atoms with Crippen LogP contribution in [0.15, 0.2) is 42.5 Å². The van der Waals surface area contributed by atoms with E-state index < -0.39 is 11.8 Å². The molecule has 0 aliphatic carbocycles. The maximum absolute atomic E-state index is 15.5. The van der Waals surface area contributed by atoms with Crippen molar-refractivity contribution in [2.45, 2.75) is 33.8 Å². The number of hydrogen-bond acceptors (Lipinski definition) is 6. The summed E-state index contributed by atoms with van der Waals surface area (Å²) < 4.78 is 26.9. The molecular formula is C25H29FN2O4S. The van der Waals surface area contributed by atoms with Gasteiger partial charge in [0, 0.05) is 22.7 Å². The van der Waals surface area contributed by atoms with Crippen molar-refractivity contribution >= 4 is 39.0 Å². The largest absolute Gasteiger partial charge is 0.487 e. The molecule has 1 amide bonds. The molecule has 3 aromatic rings. The van der Waals surface area contributed by atoms with Crippen molar-refractivity contribution in [3.63, 3.8) is 0 Å². The maximum Gasteiger partial charge on any atom is 0.325 e. The van der Waals surface area contributed by atoms with Crippen LogP contribution < -0.4 is 15.4 Å². The third kappa shape index (κ3) is 6.68. The zero-order valence-electron chi connectivity index (χ0n) is 19.1. The van der Waals surface area contributed by atoms with Crippen molar-refractivity contribution in [3.8, 4) is 5.75 Å². The molecule has 176 valence electrons. The number of carbonyl (C=O) groups excluding carboxylic acids is 2. The number of carbonyl (C=O) groups is 2. The van der Waals surface area contributed by atoms with E-state index in [2.05, 4.69) is 24.5 Å². The van der Waals surface area contributed by atoms with Gasteiger partial charge >= 0.3 is 5.97 Å². The molecule has 3 rings (SSSR count). The first-order valence-electron chi connectivity index (χ1n) is 11.0. The molecule has 33 heavy (non-hydrogen) atoms. The number of thiophene rings is 1. The predicted octanol–water partition coefficient (Wildman–Crippen LogP) is 5.37. The molecule has 6 nitrogen and oxygen atoms in total. The predicted molar refractivity (Wildman–Crippen MR) is 129 cm³/mol. The molecule has 8 heteroatoms. The van der Waals surface area contributed by atoms with Crippen LogP contribution >= 0.6 is 11.3 Å². The lowest BCUT2D eigenvalue weighted by atomic mass is 10.1. The summed E-state index contributed by atoms with van der Waals surface area (Å²) in [6, 6.07) is 12.7. The van der Waals surface area contributed by atoms with Gasteiger partial charge in [-0.3, -0.25) is 9.59 Å². The van der Waals surface area contributed by atoms with E-state index in [-0.39, 0.29) is 37.1 Å². The number of fused-ring (bicyclic) bond motifs is 1. The Hall–Kier alpha value is -3.13. The average molecular weight is 473 g/mol. The molecule has 1 heterocycles. The molecule has 0 saturated carbocycles. The van der Waals surface area contributed by atoms with E-state index >= 15 is 4.39 Å². The molecule has 0 aliphatic rings. The highest BCUT2D eigenvalue weighted by molar-refractivity contribution is 7.20. The summed E-state index contributed by atoms with van der Waals surface area (Å²) in [6.45, 7) is 6.70. The van der Waals surface area contributed by atoms with E-state index in [1.807, 2.05) is 30.3 Å². The second-order valence-electron chi connectivity index (χ2n) is 7.96. The van der Waals surface area contributed by atoms with Crippen LogP contribution in [0.3, 0.4) is 0 Å². The number of ether oxygens (including phenoxy) is 2. The second kappa shape index (κ2) is 11.7. The van der Waals surface area contributed by atoms with Crippen molar-refractivity contribution in [1.82, 2.24) is 5.32 Å². The molecule has 0 bridgehead atoms. The molecule has 2 aromatic carbocycles. The van der Waals surface area contributed by atoms with Crippen LogP contribution in [0.2, 0.25) is 0 Å².